The van der Waals surface area contributed by atoms with Crippen LogP contribution < -0.4 is 10.6 Å². The molecule has 140 valence electrons. The van der Waals surface area contributed by atoms with E-state index in [0.717, 1.165) is 12.8 Å². The van der Waals surface area contributed by atoms with Crippen molar-refractivity contribution < 1.29 is 18.8 Å². The van der Waals surface area contributed by atoms with Gasteiger partial charge < -0.3 is 15.5 Å². The van der Waals surface area contributed by atoms with E-state index in [0.29, 0.717) is 30.4 Å². The third kappa shape index (κ3) is 4.20. The molecule has 1 heterocycles. The topological polar surface area (TPSA) is 78.5 Å². The minimum Gasteiger partial charge on any atom is -0.356 e. The van der Waals surface area contributed by atoms with Crippen molar-refractivity contribution in [3.8, 4) is 0 Å². The molecule has 1 aromatic rings. The summed E-state index contributed by atoms with van der Waals surface area (Å²) in [6.45, 7) is 0.939. The van der Waals surface area contributed by atoms with E-state index in [9.17, 15) is 18.8 Å². The number of carbonyl (C=O) groups excluding carboxylic acids is 3. The van der Waals surface area contributed by atoms with Gasteiger partial charge in [-0.3, -0.25) is 14.4 Å². The van der Waals surface area contributed by atoms with Crippen LogP contribution in [0.25, 0.3) is 0 Å². The molecule has 3 amide bonds. The molecule has 1 aliphatic heterocycles. The number of piperidine rings is 1. The molecule has 7 heteroatoms. The number of carbonyl (C=O) groups is 3. The molecule has 2 N–H and O–H groups in total. The zero-order chi connectivity index (χ0) is 18.7. The lowest BCUT2D eigenvalue weighted by Gasteiger charge is -2.25. The largest absolute Gasteiger partial charge is 0.356 e. The zero-order valence-electron chi connectivity index (χ0n) is 14.8. The zero-order valence-corrected chi connectivity index (χ0v) is 14.8. The standard InChI is InChI=1S/C19H24FN3O3/c1-23(16-8-13-10-17(24)22-11-14(13)9-16)18(25)6-7-21-19(26)12-2-4-15(20)5-3-12/h2-5,13-14,16H,6-11H2,1H3,(H,21,26)(H,22,24)/t13-,14+,16-/m1/s1. The Bertz CT molecular complexity index is 692. The van der Waals surface area contributed by atoms with E-state index in [2.05, 4.69) is 10.6 Å². The molecule has 3 atom stereocenters. The highest BCUT2D eigenvalue weighted by Crippen LogP contribution is 2.38. The second kappa shape index (κ2) is 7.85. The van der Waals surface area contributed by atoms with Crippen LogP contribution in [0.5, 0.6) is 0 Å². The highest BCUT2D eigenvalue weighted by atomic mass is 19.1. The van der Waals surface area contributed by atoms with Crippen molar-refractivity contribution in [2.45, 2.75) is 31.7 Å². The fourth-order valence-corrected chi connectivity index (χ4v) is 3.92. The minimum atomic E-state index is -0.396. The number of halogens is 1. The van der Waals surface area contributed by atoms with Gasteiger partial charge in [-0.1, -0.05) is 0 Å². The Morgan fingerprint density at radius 1 is 1.23 bits per heavy atom. The third-order valence-corrected chi connectivity index (χ3v) is 5.50. The van der Waals surface area contributed by atoms with Crippen LogP contribution in [0.4, 0.5) is 4.39 Å². The molecular weight excluding hydrogens is 337 g/mol. The lowest BCUT2D eigenvalue weighted by Crippen LogP contribution is -2.38. The summed E-state index contributed by atoms with van der Waals surface area (Å²) in [7, 11) is 1.79. The Balaban J connectivity index is 1.44. The van der Waals surface area contributed by atoms with Crippen LogP contribution in [0, 0.1) is 17.7 Å². The van der Waals surface area contributed by atoms with E-state index in [1.165, 1.54) is 24.3 Å². The molecule has 1 aliphatic carbocycles. The number of hydrogen-bond donors (Lipinski definition) is 2. The monoisotopic (exact) mass is 361 g/mol. The normalized spacial score (nSPS) is 24.5. The Morgan fingerprint density at radius 3 is 2.65 bits per heavy atom. The van der Waals surface area contributed by atoms with Gasteiger partial charge in [-0.2, -0.15) is 0 Å². The second-order valence-electron chi connectivity index (χ2n) is 7.17. The van der Waals surface area contributed by atoms with Gasteiger partial charge in [-0.25, -0.2) is 4.39 Å². The molecule has 6 nitrogen and oxygen atoms in total. The lowest BCUT2D eigenvalue weighted by atomic mass is 9.89. The summed E-state index contributed by atoms with van der Waals surface area (Å²) < 4.78 is 12.9. The molecule has 0 aromatic heterocycles. The van der Waals surface area contributed by atoms with Gasteiger partial charge in [-0.05, 0) is 48.9 Å². The maximum atomic E-state index is 12.9. The Labute approximate surface area is 152 Å². The van der Waals surface area contributed by atoms with E-state index in [1.807, 2.05) is 0 Å². The van der Waals surface area contributed by atoms with Crippen LogP contribution in [-0.4, -0.2) is 48.8 Å². The Hall–Kier alpha value is -2.44. The van der Waals surface area contributed by atoms with Crippen molar-refractivity contribution in [3.63, 3.8) is 0 Å². The molecule has 2 aliphatic rings. The maximum absolute atomic E-state index is 12.9. The van der Waals surface area contributed by atoms with Gasteiger partial charge in [0.1, 0.15) is 5.82 Å². The van der Waals surface area contributed by atoms with E-state index < -0.39 is 5.82 Å². The van der Waals surface area contributed by atoms with E-state index >= 15 is 0 Å². The summed E-state index contributed by atoms with van der Waals surface area (Å²) in [5, 5.41) is 5.58. The van der Waals surface area contributed by atoms with Crippen LogP contribution in [0.1, 0.15) is 36.0 Å². The summed E-state index contributed by atoms with van der Waals surface area (Å²) in [5.74, 6) is 0.175. The summed E-state index contributed by atoms with van der Waals surface area (Å²) in [4.78, 5) is 37.6. The van der Waals surface area contributed by atoms with Gasteiger partial charge in [0.2, 0.25) is 11.8 Å². The number of benzene rings is 1. The van der Waals surface area contributed by atoms with Crippen LogP contribution in [0.15, 0.2) is 24.3 Å². The predicted octanol–water partition coefficient (Wildman–Crippen LogP) is 1.32. The quantitative estimate of drug-likeness (QED) is 0.830. The van der Waals surface area contributed by atoms with E-state index in [-0.39, 0.29) is 36.7 Å². The number of nitrogens with one attached hydrogen (secondary N) is 2. The minimum absolute atomic E-state index is 0.0210. The first-order valence-electron chi connectivity index (χ1n) is 9.00. The number of amides is 3. The van der Waals surface area contributed by atoms with Gasteiger partial charge in [0, 0.05) is 44.6 Å². The second-order valence-corrected chi connectivity index (χ2v) is 7.17. The first kappa shape index (κ1) is 18.4. The average molecular weight is 361 g/mol. The highest BCUT2D eigenvalue weighted by molar-refractivity contribution is 5.94. The van der Waals surface area contributed by atoms with E-state index in [4.69, 9.17) is 0 Å². The fraction of sp³-hybridized carbons (Fsp3) is 0.526. The van der Waals surface area contributed by atoms with Crippen molar-refractivity contribution >= 4 is 17.7 Å². The molecular formula is C19H24FN3O3. The molecule has 1 saturated heterocycles. The van der Waals surface area contributed by atoms with Crippen LogP contribution in [0.3, 0.4) is 0 Å². The smallest absolute Gasteiger partial charge is 0.251 e. The highest BCUT2D eigenvalue weighted by Gasteiger charge is 2.40. The van der Waals surface area contributed by atoms with Crippen molar-refractivity contribution in [3.05, 3.63) is 35.6 Å². The summed E-state index contributed by atoms with van der Waals surface area (Å²) in [6, 6.07) is 5.43. The van der Waals surface area contributed by atoms with Gasteiger partial charge in [0.15, 0.2) is 0 Å². The predicted molar refractivity (Wildman–Crippen MR) is 93.7 cm³/mol. The Kier molecular flexibility index (Phi) is 5.54. The molecule has 0 radical (unpaired) electrons. The molecule has 0 unspecified atom stereocenters. The first-order valence-corrected chi connectivity index (χ1v) is 9.00. The summed E-state index contributed by atoms with van der Waals surface area (Å²) in [6.07, 6.45) is 2.54. The number of nitrogens with zero attached hydrogens (tertiary/aromatic N) is 1. The van der Waals surface area contributed by atoms with Gasteiger partial charge in [0.05, 0.1) is 0 Å². The average Bonchev–Trinajstić information content (AvgIpc) is 3.04. The molecule has 0 spiro atoms. The third-order valence-electron chi connectivity index (χ3n) is 5.50. The van der Waals surface area contributed by atoms with Crippen LogP contribution in [-0.2, 0) is 9.59 Å². The van der Waals surface area contributed by atoms with Gasteiger partial charge in [-0.15, -0.1) is 0 Å². The Morgan fingerprint density at radius 2 is 1.92 bits per heavy atom. The van der Waals surface area contributed by atoms with Gasteiger partial charge in [0.25, 0.3) is 5.91 Å². The van der Waals surface area contributed by atoms with E-state index in [1.54, 1.807) is 11.9 Å². The number of hydrogen-bond acceptors (Lipinski definition) is 3. The molecule has 26 heavy (non-hydrogen) atoms. The molecule has 0 bridgehead atoms. The van der Waals surface area contributed by atoms with Crippen molar-refractivity contribution in [1.82, 2.24) is 15.5 Å². The summed E-state index contributed by atoms with van der Waals surface area (Å²) >= 11 is 0. The fourth-order valence-electron chi connectivity index (χ4n) is 3.92. The molecule has 1 aromatic carbocycles. The van der Waals surface area contributed by atoms with Crippen molar-refractivity contribution in [1.29, 1.82) is 0 Å². The molecule has 2 fully saturated rings. The van der Waals surface area contributed by atoms with Gasteiger partial charge >= 0.3 is 0 Å². The summed E-state index contributed by atoms with van der Waals surface area (Å²) in [5.41, 5.74) is 0.365. The van der Waals surface area contributed by atoms with Crippen molar-refractivity contribution in [2.24, 2.45) is 11.8 Å². The lowest BCUT2D eigenvalue weighted by molar-refractivity contribution is -0.131. The van der Waals surface area contributed by atoms with Crippen molar-refractivity contribution in [2.75, 3.05) is 20.1 Å². The van der Waals surface area contributed by atoms with Crippen LogP contribution in [0.2, 0.25) is 0 Å². The maximum Gasteiger partial charge on any atom is 0.251 e. The molecule has 3 rings (SSSR count). The number of fused-ring (bicyclic) bond motifs is 1. The van der Waals surface area contributed by atoms with Crippen LogP contribution >= 0.6 is 0 Å². The first-order chi connectivity index (χ1) is 12.4. The SMILES string of the molecule is CN(C(=O)CCNC(=O)c1ccc(F)cc1)[C@H]1C[C@H]2CNC(=O)C[C@H]2C1. The molecule has 1 saturated carbocycles. The number of rotatable bonds is 5.